The SMILES string of the molecule is CN(C(=O)OCc1c(Br)cnn1C)C1CCCC1. The van der Waals surface area contributed by atoms with E-state index in [1.807, 2.05) is 14.1 Å². The molecule has 100 valence electrons. The lowest BCUT2D eigenvalue weighted by Gasteiger charge is -2.23. The summed E-state index contributed by atoms with van der Waals surface area (Å²) in [6.45, 7) is 0.243. The highest BCUT2D eigenvalue weighted by atomic mass is 79.9. The van der Waals surface area contributed by atoms with Crippen LogP contribution in [0.5, 0.6) is 0 Å². The van der Waals surface area contributed by atoms with Gasteiger partial charge in [0.15, 0.2) is 0 Å². The minimum absolute atomic E-state index is 0.243. The zero-order valence-electron chi connectivity index (χ0n) is 10.7. The Balaban J connectivity index is 1.88. The Kier molecular flexibility index (Phi) is 4.27. The molecule has 0 aromatic carbocycles. The second-order valence-corrected chi connectivity index (χ2v) is 5.52. The van der Waals surface area contributed by atoms with Crippen LogP contribution >= 0.6 is 15.9 Å². The van der Waals surface area contributed by atoms with Gasteiger partial charge in [-0.2, -0.15) is 5.10 Å². The standard InChI is InChI=1S/C12H18BrN3O2/c1-15(9-5-3-4-6-9)12(17)18-8-11-10(13)7-14-16(11)2/h7,9H,3-6,8H2,1-2H3. The maximum absolute atomic E-state index is 11.9. The summed E-state index contributed by atoms with van der Waals surface area (Å²) in [6.07, 6.45) is 6.02. The lowest BCUT2D eigenvalue weighted by Crippen LogP contribution is -2.35. The van der Waals surface area contributed by atoms with Gasteiger partial charge in [0.2, 0.25) is 0 Å². The molecule has 2 rings (SSSR count). The van der Waals surface area contributed by atoms with Gasteiger partial charge in [-0.1, -0.05) is 12.8 Å². The van der Waals surface area contributed by atoms with Crippen LogP contribution in [0.2, 0.25) is 0 Å². The Morgan fingerprint density at radius 3 is 2.83 bits per heavy atom. The first-order valence-corrected chi connectivity index (χ1v) is 6.95. The van der Waals surface area contributed by atoms with E-state index in [-0.39, 0.29) is 12.7 Å². The number of hydrogen-bond acceptors (Lipinski definition) is 3. The number of nitrogens with zero attached hydrogens (tertiary/aromatic N) is 3. The smallest absolute Gasteiger partial charge is 0.410 e. The normalized spacial score (nSPS) is 15.9. The molecule has 1 aliphatic rings. The second-order valence-electron chi connectivity index (χ2n) is 4.67. The number of halogens is 1. The Hall–Kier alpha value is -1.04. The molecule has 1 heterocycles. The number of amides is 1. The topological polar surface area (TPSA) is 47.4 Å². The van der Waals surface area contributed by atoms with E-state index in [0.717, 1.165) is 23.0 Å². The van der Waals surface area contributed by atoms with E-state index in [4.69, 9.17) is 4.74 Å². The Morgan fingerprint density at radius 1 is 1.61 bits per heavy atom. The van der Waals surface area contributed by atoms with E-state index in [2.05, 4.69) is 21.0 Å². The first kappa shape index (κ1) is 13.4. The van der Waals surface area contributed by atoms with Crippen LogP contribution in [0.3, 0.4) is 0 Å². The van der Waals surface area contributed by atoms with Gasteiger partial charge < -0.3 is 9.64 Å². The lowest BCUT2D eigenvalue weighted by atomic mass is 10.2. The minimum atomic E-state index is -0.255. The first-order valence-electron chi connectivity index (χ1n) is 6.15. The minimum Gasteiger partial charge on any atom is -0.443 e. The third kappa shape index (κ3) is 2.85. The predicted molar refractivity (Wildman–Crippen MR) is 71.1 cm³/mol. The molecule has 1 amide bonds. The first-order chi connectivity index (χ1) is 8.59. The number of ether oxygens (including phenoxy) is 1. The number of hydrogen-bond donors (Lipinski definition) is 0. The van der Waals surface area contributed by atoms with E-state index in [1.165, 1.54) is 12.8 Å². The van der Waals surface area contributed by atoms with Crippen molar-refractivity contribution in [2.24, 2.45) is 7.05 Å². The van der Waals surface area contributed by atoms with Gasteiger partial charge in [-0.15, -0.1) is 0 Å². The summed E-state index contributed by atoms with van der Waals surface area (Å²) in [5.74, 6) is 0. The third-order valence-corrected chi connectivity index (χ3v) is 4.17. The molecule has 1 saturated carbocycles. The van der Waals surface area contributed by atoms with E-state index < -0.39 is 0 Å². The highest BCUT2D eigenvalue weighted by molar-refractivity contribution is 9.10. The fraction of sp³-hybridized carbons (Fsp3) is 0.667. The number of rotatable bonds is 3. The molecule has 0 saturated heterocycles. The van der Waals surface area contributed by atoms with Crippen molar-refractivity contribution in [3.05, 3.63) is 16.4 Å². The van der Waals surface area contributed by atoms with Gasteiger partial charge in [-0.05, 0) is 28.8 Å². The summed E-state index contributed by atoms with van der Waals surface area (Å²) in [6, 6.07) is 0.340. The molecule has 0 N–H and O–H groups in total. The molecule has 5 nitrogen and oxygen atoms in total. The Bertz CT molecular complexity index is 407. The Labute approximate surface area is 115 Å². The van der Waals surface area contributed by atoms with Crippen LogP contribution in [0, 0.1) is 0 Å². The van der Waals surface area contributed by atoms with E-state index in [9.17, 15) is 4.79 Å². The van der Waals surface area contributed by atoms with Crippen LogP contribution in [-0.2, 0) is 18.4 Å². The largest absolute Gasteiger partial charge is 0.443 e. The fourth-order valence-corrected chi connectivity index (χ4v) is 2.73. The molecule has 0 bridgehead atoms. The van der Waals surface area contributed by atoms with Crippen LogP contribution in [-0.4, -0.2) is 33.9 Å². The molecule has 0 spiro atoms. The van der Waals surface area contributed by atoms with Crippen LogP contribution in [0.1, 0.15) is 31.4 Å². The van der Waals surface area contributed by atoms with Gasteiger partial charge in [0.1, 0.15) is 6.61 Å². The highest BCUT2D eigenvalue weighted by Gasteiger charge is 2.24. The van der Waals surface area contributed by atoms with E-state index >= 15 is 0 Å². The molecule has 0 atom stereocenters. The van der Waals surface area contributed by atoms with Crippen LogP contribution in [0.25, 0.3) is 0 Å². The van der Waals surface area contributed by atoms with Crippen LogP contribution in [0.4, 0.5) is 4.79 Å². The highest BCUT2D eigenvalue weighted by Crippen LogP contribution is 2.23. The molecule has 1 fully saturated rings. The Morgan fingerprint density at radius 2 is 2.28 bits per heavy atom. The fourth-order valence-electron chi connectivity index (χ4n) is 2.27. The monoisotopic (exact) mass is 315 g/mol. The molecule has 0 unspecified atom stereocenters. The summed E-state index contributed by atoms with van der Waals surface area (Å²) in [4.78, 5) is 13.6. The molecular weight excluding hydrogens is 298 g/mol. The maximum atomic E-state index is 11.9. The summed E-state index contributed by atoms with van der Waals surface area (Å²) in [5.41, 5.74) is 0.864. The van der Waals surface area contributed by atoms with Gasteiger partial charge >= 0.3 is 6.09 Å². The number of carbonyl (C=O) groups is 1. The molecule has 1 aliphatic carbocycles. The molecular formula is C12H18BrN3O2. The summed E-state index contributed by atoms with van der Waals surface area (Å²) in [7, 11) is 3.64. The van der Waals surface area contributed by atoms with Crippen molar-refractivity contribution in [2.45, 2.75) is 38.3 Å². The second kappa shape index (κ2) is 5.73. The van der Waals surface area contributed by atoms with Crippen molar-refractivity contribution in [3.8, 4) is 0 Å². The van der Waals surface area contributed by atoms with Crippen molar-refractivity contribution >= 4 is 22.0 Å². The van der Waals surface area contributed by atoms with Gasteiger partial charge in [0.25, 0.3) is 0 Å². The molecule has 1 aromatic heterocycles. The van der Waals surface area contributed by atoms with Crippen LogP contribution < -0.4 is 0 Å². The molecule has 1 aromatic rings. The van der Waals surface area contributed by atoms with Gasteiger partial charge in [0, 0.05) is 20.1 Å². The van der Waals surface area contributed by atoms with Gasteiger partial charge in [-0.25, -0.2) is 4.79 Å². The van der Waals surface area contributed by atoms with Crippen molar-refractivity contribution in [1.29, 1.82) is 0 Å². The van der Waals surface area contributed by atoms with E-state index in [0.29, 0.717) is 6.04 Å². The maximum Gasteiger partial charge on any atom is 0.410 e. The lowest BCUT2D eigenvalue weighted by molar-refractivity contribution is 0.0896. The molecule has 0 aliphatic heterocycles. The van der Waals surface area contributed by atoms with Crippen molar-refractivity contribution in [1.82, 2.24) is 14.7 Å². The summed E-state index contributed by atoms with van der Waals surface area (Å²) in [5, 5.41) is 4.08. The predicted octanol–water partition coefficient (Wildman–Crippen LogP) is 2.69. The number of aryl methyl sites for hydroxylation is 1. The molecule has 0 radical (unpaired) electrons. The van der Waals surface area contributed by atoms with Crippen molar-refractivity contribution in [3.63, 3.8) is 0 Å². The van der Waals surface area contributed by atoms with Crippen molar-refractivity contribution in [2.75, 3.05) is 7.05 Å². The zero-order chi connectivity index (χ0) is 13.1. The summed E-state index contributed by atoms with van der Waals surface area (Å²) < 4.78 is 7.88. The average Bonchev–Trinajstić information content (AvgIpc) is 2.97. The van der Waals surface area contributed by atoms with Gasteiger partial charge in [-0.3, -0.25) is 4.68 Å². The number of carbonyl (C=O) groups excluding carboxylic acids is 1. The van der Waals surface area contributed by atoms with Crippen LogP contribution in [0.15, 0.2) is 10.7 Å². The zero-order valence-corrected chi connectivity index (χ0v) is 12.3. The van der Waals surface area contributed by atoms with E-state index in [1.54, 1.807) is 15.8 Å². The summed E-state index contributed by atoms with van der Waals surface area (Å²) >= 11 is 3.38. The third-order valence-electron chi connectivity index (χ3n) is 3.50. The quantitative estimate of drug-likeness (QED) is 0.861. The van der Waals surface area contributed by atoms with Crippen molar-refractivity contribution < 1.29 is 9.53 Å². The average molecular weight is 316 g/mol. The molecule has 6 heteroatoms. The number of aromatic nitrogens is 2. The molecule has 18 heavy (non-hydrogen) atoms. The van der Waals surface area contributed by atoms with Gasteiger partial charge in [0.05, 0.1) is 16.4 Å².